The maximum atomic E-state index is 12.7. The molecule has 1 aromatic rings. The fourth-order valence-corrected chi connectivity index (χ4v) is 2.97. The van der Waals surface area contributed by atoms with Crippen molar-refractivity contribution in [3.8, 4) is 0 Å². The van der Waals surface area contributed by atoms with E-state index in [1.54, 1.807) is 20.8 Å². The molecule has 7 nitrogen and oxygen atoms in total. The largest absolute Gasteiger partial charge is 0.444 e. The van der Waals surface area contributed by atoms with Crippen LogP contribution in [0.4, 0.5) is 4.79 Å². The van der Waals surface area contributed by atoms with Crippen LogP contribution in [0.5, 0.6) is 0 Å². The maximum absolute atomic E-state index is 12.7. The van der Waals surface area contributed by atoms with Gasteiger partial charge in [-0.2, -0.15) is 0 Å². The summed E-state index contributed by atoms with van der Waals surface area (Å²) in [4.78, 5) is 27.2. The summed E-state index contributed by atoms with van der Waals surface area (Å²) in [6.07, 6.45) is 0.683. The van der Waals surface area contributed by atoms with Gasteiger partial charge in [0.05, 0.1) is 13.2 Å². The molecule has 1 aliphatic heterocycles. The predicted octanol–water partition coefficient (Wildman–Crippen LogP) is 1.96. The van der Waals surface area contributed by atoms with E-state index in [-0.39, 0.29) is 5.91 Å². The number of benzene rings is 1. The number of hydrogen-bond acceptors (Lipinski definition) is 5. The van der Waals surface area contributed by atoms with Crippen molar-refractivity contribution in [1.29, 1.82) is 0 Å². The fourth-order valence-electron chi connectivity index (χ4n) is 2.97. The second-order valence-corrected chi connectivity index (χ2v) is 7.99. The highest BCUT2D eigenvalue weighted by Gasteiger charge is 2.24. The number of hydrogen-bond donors (Lipinski definition) is 2. The molecule has 156 valence electrons. The summed E-state index contributed by atoms with van der Waals surface area (Å²) in [6, 6.07) is 8.96. The monoisotopic (exact) mass is 391 g/mol. The van der Waals surface area contributed by atoms with Crippen LogP contribution in [0.25, 0.3) is 0 Å². The molecule has 1 heterocycles. The standard InChI is InChI=1S/C21H33N3O4/c1-21(2,3)28-20(26)23-18(16-17-8-5-4-6-9-17)19(25)22-10-7-11-24-12-14-27-15-13-24/h4-6,8-9,18H,7,10-16H2,1-3H3,(H,22,25)(H,23,26)/t18-/m1/s1. The Morgan fingerprint density at radius 1 is 1.18 bits per heavy atom. The lowest BCUT2D eigenvalue weighted by molar-refractivity contribution is -0.123. The number of carbonyl (C=O) groups excluding carboxylic acids is 2. The van der Waals surface area contributed by atoms with Crippen LogP contribution in [0.3, 0.4) is 0 Å². The fraction of sp³-hybridized carbons (Fsp3) is 0.619. The first-order chi connectivity index (χ1) is 13.3. The van der Waals surface area contributed by atoms with E-state index in [4.69, 9.17) is 9.47 Å². The van der Waals surface area contributed by atoms with E-state index in [0.29, 0.717) is 13.0 Å². The minimum atomic E-state index is -0.680. The molecule has 1 saturated heterocycles. The molecule has 0 spiro atoms. The van der Waals surface area contributed by atoms with Crippen molar-refractivity contribution in [1.82, 2.24) is 15.5 Å². The third-order valence-corrected chi connectivity index (χ3v) is 4.34. The first-order valence-corrected chi connectivity index (χ1v) is 9.95. The molecular formula is C21H33N3O4. The topological polar surface area (TPSA) is 79.9 Å². The molecule has 7 heteroatoms. The Bertz CT molecular complexity index is 610. The van der Waals surface area contributed by atoms with E-state index in [0.717, 1.165) is 44.8 Å². The van der Waals surface area contributed by atoms with E-state index in [2.05, 4.69) is 15.5 Å². The molecule has 0 saturated carbocycles. The van der Waals surface area contributed by atoms with Gasteiger partial charge in [0.25, 0.3) is 0 Å². The van der Waals surface area contributed by atoms with Crippen molar-refractivity contribution in [3.05, 3.63) is 35.9 Å². The molecule has 0 aromatic heterocycles. The number of alkyl carbamates (subject to hydrolysis) is 1. The van der Waals surface area contributed by atoms with Gasteiger partial charge in [-0.25, -0.2) is 4.79 Å². The van der Waals surface area contributed by atoms with E-state index in [1.165, 1.54) is 0 Å². The molecule has 2 amide bonds. The van der Waals surface area contributed by atoms with Gasteiger partial charge < -0.3 is 20.1 Å². The lowest BCUT2D eigenvalue weighted by Gasteiger charge is -2.26. The smallest absolute Gasteiger partial charge is 0.408 e. The molecule has 2 rings (SSSR count). The second-order valence-electron chi connectivity index (χ2n) is 7.99. The average Bonchev–Trinajstić information content (AvgIpc) is 2.65. The Kier molecular flexibility index (Phi) is 8.73. The minimum absolute atomic E-state index is 0.198. The molecule has 0 radical (unpaired) electrons. The van der Waals surface area contributed by atoms with Crippen molar-refractivity contribution in [3.63, 3.8) is 0 Å². The van der Waals surface area contributed by atoms with Crippen molar-refractivity contribution in [2.24, 2.45) is 0 Å². The van der Waals surface area contributed by atoms with Gasteiger partial charge in [-0.15, -0.1) is 0 Å². The normalized spacial score (nSPS) is 16.2. The Hall–Kier alpha value is -2.12. The minimum Gasteiger partial charge on any atom is -0.444 e. The summed E-state index contributed by atoms with van der Waals surface area (Å²) in [5.41, 5.74) is 0.364. The summed E-state index contributed by atoms with van der Waals surface area (Å²) >= 11 is 0. The van der Waals surface area contributed by atoms with Crippen LogP contribution in [0, 0.1) is 0 Å². The van der Waals surface area contributed by atoms with Crippen molar-refractivity contribution in [2.45, 2.75) is 45.3 Å². The lowest BCUT2D eigenvalue weighted by atomic mass is 10.1. The summed E-state index contributed by atoms with van der Waals surface area (Å²) in [5.74, 6) is -0.198. The molecule has 0 unspecified atom stereocenters. The third kappa shape index (κ3) is 8.71. The van der Waals surface area contributed by atoms with E-state index >= 15 is 0 Å². The first-order valence-electron chi connectivity index (χ1n) is 9.95. The van der Waals surface area contributed by atoms with Crippen molar-refractivity contribution in [2.75, 3.05) is 39.4 Å². The van der Waals surface area contributed by atoms with Gasteiger partial charge in [-0.3, -0.25) is 9.69 Å². The molecule has 1 fully saturated rings. The Labute approximate surface area is 167 Å². The SMILES string of the molecule is CC(C)(C)OC(=O)N[C@H](Cc1ccccc1)C(=O)NCCCN1CCOCC1. The van der Waals surface area contributed by atoms with Crippen LogP contribution >= 0.6 is 0 Å². The van der Waals surface area contributed by atoms with Gasteiger partial charge in [0.2, 0.25) is 5.91 Å². The highest BCUT2D eigenvalue weighted by molar-refractivity contribution is 5.86. The average molecular weight is 392 g/mol. The predicted molar refractivity (Wildman–Crippen MR) is 108 cm³/mol. The van der Waals surface area contributed by atoms with Crippen LogP contribution in [-0.4, -0.2) is 67.9 Å². The molecule has 1 aliphatic rings. The summed E-state index contributed by atoms with van der Waals surface area (Å²) < 4.78 is 10.7. The number of morpholine rings is 1. The van der Waals surface area contributed by atoms with E-state index < -0.39 is 17.7 Å². The van der Waals surface area contributed by atoms with E-state index in [1.807, 2.05) is 30.3 Å². The molecule has 28 heavy (non-hydrogen) atoms. The number of carbonyl (C=O) groups is 2. The quantitative estimate of drug-likeness (QED) is 0.662. The zero-order chi connectivity index (χ0) is 20.4. The second kappa shape index (κ2) is 11.0. The van der Waals surface area contributed by atoms with Gasteiger partial charge >= 0.3 is 6.09 Å². The highest BCUT2D eigenvalue weighted by Crippen LogP contribution is 2.09. The lowest BCUT2D eigenvalue weighted by Crippen LogP contribution is -2.49. The van der Waals surface area contributed by atoms with Crippen LogP contribution in [-0.2, 0) is 20.7 Å². The van der Waals surface area contributed by atoms with Gasteiger partial charge in [0.15, 0.2) is 0 Å². The van der Waals surface area contributed by atoms with Gasteiger partial charge in [-0.1, -0.05) is 30.3 Å². The molecule has 1 aromatic carbocycles. The summed E-state index contributed by atoms with van der Waals surface area (Å²) in [7, 11) is 0. The van der Waals surface area contributed by atoms with Gasteiger partial charge in [0, 0.05) is 26.1 Å². The highest BCUT2D eigenvalue weighted by atomic mass is 16.6. The number of rotatable bonds is 8. The van der Waals surface area contributed by atoms with Crippen LogP contribution in [0.1, 0.15) is 32.8 Å². The Morgan fingerprint density at radius 3 is 2.50 bits per heavy atom. The number of nitrogens with one attached hydrogen (secondary N) is 2. The third-order valence-electron chi connectivity index (χ3n) is 4.34. The van der Waals surface area contributed by atoms with Gasteiger partial charge in [-0.05, 0) is 39.3 Å². The first kappa shape index (κ1) is 22.2. The molecule has 0 bridgehead atoms. The summed E-state index contributed by atoms with van der Waals surface area (Å²) in [6.45, 7) is 10.3. The molecule has 0 aliphatic carbocycles. The van der Waals surface area contributed by atoms with Crippen molar-refractivity contribution >= 4 is 12.0 Å². The Balaban J connectivity index is 1.85. The zero-order valence-electron chi connectivity index (χ0n) is 17.2. The number of amides is 2. The van der Waals surface area contributed by atoms with Crippen LogP contribution in [0.2, 0.25) is 0 Å². The molecule has 1 atom stereocenters. The van der Waals surface area contributed by atoms with Gasteiger partial charge in [0.1, 0.15) is 11.6 Å². The van der Waals surface area contributed by atoms with Crippen LogP contribution < -0.4 is 10.6 Å². The molecule has 2 N–H and O–H groups in total. The zero-order valence-corrected chi connectivity index (χ0v) is 17.2. The number of nitrogens with zero attached hydrogens (tertiary/aromatic N) is 1. The summed E-state index contributed by atoms with van der Waals surface area (Å²) in [5, 5.41) is 5.66. The van der Waals surface area contributed by atoms with Crippen LogP contribution in [0.15, 0.2) is 30.3 Å². The van der Waals surface area contributed by atoms with Crippen molar-refractivity contribution < 1.29 is 19.1 Å². The molecular weight excluding hydrogens is 358 g/mol. The Morgan fingerprint density at radius 2 is 1.86 bits per heavy atom. The maximum Gasteiger partial charge on any atom is 0.408 e. The number of ether oxygens (including phenoxy) is 2. The van der Waals surface area contributed by atoms with E-state index in [9.17, 15) is 9.59 Å².